The maximum atomic E-state index is 3.54. The molecule has 3 aromatic rings. The number of fused-ring (bicyclic) bond motifs is 3. The summed E-state index contributed by atoms with van der Waals surface area (Å²) in [6, 6.07) is 13.6. The van der Waals surface area contributed by atoms with E-state index in [1.54, 1.807) is 0 Å². The van der Waals surface area contributed by atoms with Crippen molar-refractivity contribution in [2.75, 3.05) is 0 Å². The molecule has 0 saturated carbocycles. The summed E-state index contributed by atoms with van der Waals surface area (Å²) in [6.07, 6.45) is 0. The minimum absolute atomic E-state index is 0. The van der Waals surface area contributed by atoms with Gasteiger partial charge >= 0.3 is 0 Å². The quantitative estimate of drug-likeness (QED) is 0.519. The van der Waals surface area contributed by atoms with Gasteiger partial charge in [0, 0.05) is 21.8 Å². The molecule has 0 radical (unpaired) electrons. The molecular weight excluding hydrogens is 268 g/mol. The third-order valence-corrected chi connectivity index (χ3v) is 4.33. The first kappa shape index (κ1) is 16.6. The maximum Gasteiger partial charge on any atom is 0.0465 e. The summed E-state index contributed by atoms with van der Waals surface area (Å²) in [6.45, 7) is 13.6. The first-order valence-electron chi connectivity index (χ1n) is 7.73. The van der Waals surface area contributed by atoms with E-state index in [1.807, 2.05) is 0 Å². The van der Waals surface area contributed by atoms with Gasteiger partial charge in [0.1, 0.15) is 0 Å². The standard InChI is InChI=1S/C20H25N.H3N/c1-19(2,3)13-7-9-17-15(11-13)16-12-14(20(4,5)6)8-10-18(16)21-17;/h7-12,21H,1-6H3;1H3. The van der Waals surface area contributed by atoms with Crippen molar-refractivity contribution in [2.24, 2.45) is 0 Å². The molecule has 2 aromatic carbocycles. The van der Waals surface area contributed by atoms with E-state index in [4.69, 9.17) is 0 Å². The Kier molecular flexibility index (Phi) is 3.87. The van der Waals surface area contributed by atoms with Crippen LogP contribution in [-0.4, -0.2) is 4.98 Å². The molecule has 2 heteroatoms. The second kappa shape index (κ2) is 5.13. The Morgan fingerprint density at radius 1 is 0.636 bits per heavy atom. The molecule has 0 fully saturated rings. The molecule has 4 N–H and O–H groups in total. The second-order valence-corrected chi connectivity index (χ2v) is 8.15. The predicted molar refractivity (Wildman–Crippen MR) is 98.2 cm³/mol. The normalized spacial score (nSPS) is 12.6. The molecule has 0 spiro atoms. The van der Waals surface area contributed by atoms with Gasteiger partial charge in [-0.1, -0.05) is 53.7 Å². The Bertz CT molecular complexity index is 743. The van der Waals surface area contributed by atoms with E-state index in [-0.39, 0.29) is 17.0 Å². The van der Waals surface area contributed by atoms with Crippen LogP contribution in [0.4, 0.5) is 0 Å². The van der Waals surface area contributed by atoms with Crippen LogP contribution in [-0.2, 0) is 10.8 Å². The monoisotopic (exact) mass is 296 g/mol. The van der Waals surface area contributed by atoms with Gasteiger partial charge < -0.3 is 11.1 Å². The van der Waals surface area contributed by atoms with Gasteiger partial charge in [0.25, 0.3) is 0 Å². The molecule has 0 aliphatic rings. The summed E-state index contributed by atoms with van der Waals surface area (Å²) in [7, 11) is 0. The Morgan fingerprint density at radius 3 is 1.32 bits per heavy atom. The fraction of sp³-hybridized carbons (Fsp3) is 0.400. The van der Waals surface area contributed by atoms with Gasteiger partial charge in [0.2, 0.25) is 0 Å². The topological polar surface area (TPSA) is 50.8 Å². The number of benzene rings is 2. The van der Waals surface area contributed by atoms with Crippen molar-refractivity contribution in [3.63, 3.8) is 0 Å². The van der Waals surface area contributed by atoms with Crippen molar-refractivity contribution in [3.8, 4) is 0 Å². The first-order chi connectivity index (χ1) is 9.66. The lowest BCUT2D eigenvalue weighted by molar-refractivity contribution is 0.590. The molecule has 1 heterocycles. The van der Waals surface area contributed by atoms with Crippen molar-refractivity contribution < 1.29 is 0 Å². The van der Waals surface area contributed by atoms with Crippen LogP contribution in [0.2, 0.25) is 0 Å². The van der Waals surface area contributed by atoms with E-state index in [0.29, 0.717) is 0 Å². The zero-order valence-electron chi connectivity index (χ0n) is 14.7. The Labute approximate surface area is 133 Å². The van der Waals surface area contributed by atoms with Crippen molar-refractivity contribution in [2.45, 2.75) is 52.4 Å². The Balaban J connectivity index is 0.00000176. The Hall–Kier alpha value is -1.80. The molecule has 0 bridgehead atoms. The van der Waals surface area contributed by atoms with E-state index in [0.717, 1.165) is 0 Å². The average Bonchev–Trinajstić information content (AvgIpc) is 2.73. The number of aromatic nitrogens is 1. The summed E-state index contributed by atoms with van der Waals surface area (Å²) in [5, 5.41) is 2.67. The molecular formula is C20H28N2. The number of hydrogen-bond donors (Lipinski definition) is 2. The van der Waals surface area contributed by atoms with E-state index >= 15 is 0 Å². The molecule has 0 saturated heterocycles. The zero-order chi connectivity index (χ0) is 15.4. The molecule has 0 aliphatic heterocycles. The highest BCUT2D eigenvalue weighted by Gasteiger charge is 2.17. The zero-order valence-corrected chi connectivity index (χ0v) is 14.7. The largest absolute Gasteiger partial charge is 0.355 e. The van der Waals surface area contributed by atoms with Gasteiger partial charge in [0.15, 0.2) is 0 Å². The summed E-state index contributed by atoms with van der Waals surface area (Å²) in [5.41, 5.74) is 5.58. The van der Waals surface area contributed by atoms with E-state index < -0.39 is 0 Å². The molecule has 0 amide bonds. The minimum atomic E-state index is 0. The lowest BCUT2D eigenvalue weighted by Crippen LogP contribution is -2.10. The molecule has 118 valence electrons. The summed E-state index contributed by atoms with van der Waals surface area (Å²) < 4.78 is 0. The smallest absolute Gasteiger partial charge is 0.0465 e. The number of nitrogens with one attached hydrogen (secondary N) is 1. The molecule has 0 aliphatic carbocycles. The van der Waals surface area contributed by atoms with Gasteiger partial charge in [-0.25, -0.2) is 0 Å². The van der Waals surface area contributed by atoms with Crippen LogP contribution in [0.3, 0.4) is 0 Å². The highest BCUT2D eigenvalue weighted by molar-refractivity contribution is 6.07. The van der Waals surface area contributed by atoms with Crippen LogP contribution in [0.15, 0.2) is 36.4 Å². The number of aromatic amines is 1. The average molecular weight is 296 g/mol. The highest BCUT2D eigenvalue weighted by atomic mass is 14.7. The minimum Gasteiger partial charge on any atom is -0.355 e. The molecule has 0 unspecified atom stereocenters. The van der Waals surface area contributed by atoms with Gasteiger partial charge in [-0.3, -0.25) is 0 Å². The van der Waals surface area contributed by atoms with Crippen molar-refractivity contribution >= 4 is 21.8 Å². The van der Waals surface area contributed by atoms with Crippen molar-refractivity contribution in [3.05, 3.63) is 47.5 Å². The lowest BCUT2D eigenvalue weighted by atomic mass is 9.85. The molecule has 22 heavy (non-hydrogen) atoms. The third-order valence-electron chi connectivity index (χ3n) is 4.33. The maximum absolute atomic E-state index is 3.54. The van der Waals surface area contributed by atoms with Crippen molar-refractivity contribution in [1.29, 1.82) is 0 Å². The number of rotatable bonds is 0. The highest BCUT2D eigenvalue weighted by Crippen LogP contribution is 2.33. The summed E-state index contributed by atoms with van der Waals surface area (Å²) in [5.74, 6) is 0. The van der Waals surface area contributed by atoms with E-state index in [9.17, 15) is 0 Å². The molecule has 2 nitrogen and oxygen atoms in total. The lowest BCUT2D eigenvalue weighted by Gasteiger charge is -2.19. The first-order valence-corrected chi connectivity index (χ1v) is 7.73. The van der Waals surface area contributed by atoms with Gasteiger partial charge in [-0.15, -0.1) is 0 Å². The van der Waals surface area contributed by atoms with Crippen LogP contribution >= 0.6 is 0 Å². The van der Waals surface area contributed by atoms with Crippen LogP contribution in [0.1, 0.15) is 52.7 Å². The number of H-pyrrole nitrogens is 1. The fourth-order valence-corrected chi connectivity index (χ4v) is 2.83. The van der Waals surface area contributed by atoms with Crippen molar-refractivity contribution in [1.82, 2.24) is 11.1 Å². The molecule has 3 rings (SSSR count). The third kappa shape index (κ3) is 2.76. The number of hydrogen-bond acceptors (Lipinski definition) is 1. The van der Waals surface area contributed by atoms with Gasteiger partial charge in [0.05, 0.1) is 0 Å². The fourth-order valence-electron chi connectivity index (χ4n) is 2.83. The predicted octanol–water partition coefficient (Wildman–Crippen LogP) is 6.08. The van der Waals surface area contributed by atoms with Gasteiger partial charge in [-0.2, -0.15) is 0 Å². The molecule has 0 atom stereocenters. The Morgan fingerprint density at radius 2 is 1.00 bits per heavy atom. The van der Waals surface area contributed by atoms with Crippen LogP contribution in [0.5, 0.6) is 0 Å². The second-order valence-electron chi connectivity index (χ2n) is 8.15. The SMILES string of the molecule is CC(C)(C)c1ccc2[nH]c3ccc(C(C)(C)C)cc3c2c1.N. The van der Waals surface area contributed by atoms with Crippen LogP contribution < -0.4 is 6.15 Å². The van der Waals surface area contributed by atoms with Crippen LogP contribution in [0, 0.1) is 0 Å². The van der Waals surface area contributed by atoms with Crippen LogP contribution in [0.25, 0.3) is 21.8 Å². The van der Waals surface area contributed by atoms with E-state index in [1.165, 1.54) is 32.9 Å². The van der Waals surface area contributed by atoms with E-state index in [2.05, 4.69) is 82.9 Å². The summed E-state index contributed by atoms with van der Waals surface area (Å²) >= 11 is 0. The van der Waals surface area contributed by atoms with Gasteiger partial charge in [-0.05, 0) is 46.2 Å². The molecule has 1 aromatic heterocycles. The summed E-state index contributed by atoms with van der Waals surface area (Å²) in [4.78, 5) is 3.54.